The highest BCUT2D eigenvalue weighted by Crippen LogP contribution is 2.21. The van der Waals surface area contributed by atoms with Crippen molar-refractivity contribution in [1.29, 1.82) is 0 Å². The van der Waals surface area contributed by atoms with Crippen LogP contribution in [-0.4, -0.2) is 12.5 Å². The summed E-state index contributed by atoms with van der Waals surface area (Å²) in [7, 11) is 0. The highest BCUT2D eigenvalue weighted by atomic mass is 79.9. The predicted octanol–water partition coefficient (Wildman–Crippen LogP) is 2.65. The van der Waals surface area contributed by atoms with E-state index in [1.807, 2.05) is 12.1 Å². The Bertz CT molecular complexity index is 390. The normalized spacial score (nSPS) is 11.4. The minimum Gasteiger partial charge on any atom is -0.325 e. The lowest BCUT2D eigenvalue weighted by molar-refractivity contribution is 0.905. The smallest absolute Gasteiger partial charge is 0.210 e. The summed E-state index contributed by atoms with van der Waals surface area (Å²) in [6, 6.07) is 6.10. The Kier molecular flexibility index (Phi) is 6.00. The van der Waals surface area contributed by atoms with Crippen molar-refractivity contribution in [2.24, 2.45) is 10.8 Å². The molecule has 0 spiro atoms. The van der Waals surface area contributed by atoms with Crippen LogP contribution in [0, 0.1) is 0 Å². The van der Waals surface area contributed by atoms with E-state index in [1.54, 1.807) is 0 Å². The Morgan fingerprint density at radius 1 is 1.41 bits per heavy atom. The van der Waals surface area contributed by atoms with Gasteiger partial charge in [0.05, 0.1) is 0 Å². The molecule has 0 fully saturated rings. The molecular formula is C12H19BrN4. The summed E-state index contributed by atoms with van der Waals surface area (Å²) in [6.07, 6.45) is 1.95. The van der Waals surface area contributed by atoms with E-state index < -0.39 is 0 Å². The highest BCUT2D eigenvalue weighted by Gasteiger charge is 2.03. The topological polar surface area (TPSA) is 62.4 Å². The standard InChI is InChI=1S/C12H19BrN4/c1-3-7-15-12(17-14)16-11-6-5-10(13)8-9(11)4-2/h5-6,8H,3-4,7,14H2,1-2H3,(H2,15,16,17). The molecule has 0 atom stereocenters. The summed E-state index contributed by atoms with van der Waals surface area (Å²) < 4.78 is 1.08. The second kappa shape index (κ2) is 7.29. The number of hydrogen-bond acceptors (Lipinski definition) is 2. The van der Waals surface area contributed by atoms with E-state index >= 15 is 0 Å². The van der Waals surface area contributed by atoms with Gasteiger partial charge in [0.2, 0.25) is 5.96 Å². The van der Waals surface area contributed by atoms with Crippen LogP contribution in [0.1, 0.15) is 25.8 Å². The SMILES string of the molecule is CCCN=C(NN)Nc1ccc(Br)cc1CC. The van der Waals surface area contributed by atoms with Crippen LogP contribution < -0.4 is 16.6 Å². The molecule has 0 heterocycles. The van der Waals surface area contributed by atoms with E-state index in [-0.39, 0.29) is 0 Å². The molecule has 0 aromatic heterocycles. The van der Waals surface area contributed by atoms with Gasteiger partial charge in [0.15, 0.2) is 0 Å². The molecule has 1 aromatic rings. The molecule has 1 rings (SSSR count). The minimum absolute atomic E-state index is 0.601. The third-order valence-corrected chi connectivity index (χ3v) is 2.82. The van der Waals surface area contributed by atoms with Gasteiger partial charge in [-0.2, -0.15) is 0 Å². The molecule has 0 amide bonds. The fourth-order valence-corrected chi connectivity index (χ4v) is 1.86. The first kappa shape index (κ1) is 14.0. The van der Waals surface area contributed by atoms with Gasteiger partial charge in [-0.05, 0) is 36.6 Å². The molecule has 0 unspecified atom stereocenters. The van der Waals surface area contributed by atoms with E-state index in [2.05, 4.69) is 51.6 Å². The maximum atomic E-state index is 5.43. The molecule has 0 saturated carbocycles. The van der Waals surface area contributed by atoms with Crippen LogP contribution in [0.5, 0.6) is 0 Å². The molecule has 0 aliphatic carbocycles. The Hall–Kier alpha value is -1.07. The van der Waals surface area contributed by atoms with Crippen LogP contribution in [0.25, 0.3) is 0 Å². The fraction of sp³-hybridized carbons (Fsp3) is 0.417. The summed E-state index contributed by atoms with van der Waals surface area (Å²) in [5, 5.41) is 3.20. The molecule has 5 heteroatoms. The lowest BCUT2D eigenvalue weighted by atomic mass is 10.1. The van der Waals surface area contributed by atoms with Crippen molar-refractivity contribution < 1.29 is 0 Å². The van der Waals surface area contributed by atoms with Crippen molar-refractivity contribution in [3.05, 3.63) is 28.2 Å². The number of hydrogen-bond donors (Lipinski definition) is 3. The van der Waals surface area contributed by atoms with Crippen molar-refractivity contribution in [2.75, 3.05) is 11.9 Å². The average molecular weight is 299 g/mol. The third-order valence-electron chi connectivity index (χ3n) is 2.33. The number of benzene rings is 1. The van der Waals surface area contributed by atoms with E-state index in [4.69, 9.17) is 5.84 Å². The van der Waals surface area contributed by atoms with Gasteiger partial charge in [-0.3, -0.25) is 10.4 Å². The number of halogens is 1. The quantitative estimate of drug-likeness (QED) is 0.347. The summed E-state index contributed by atoms with van der Waals surface area (Å²) in [6.45, 7) is 4.95. The summed E-state index contributed by atoms with van der Waals surface area (Å²) >= 11 is 3.46. The lowest BCUT2D eigenvalue weighted by Crippen LogP contribution is -2.36. The highest BCUT2D eigenvalue weighted by molar-refractivity contribution is 9.10. The molecular weight excluding hydrogens is 280 g/mol. The van der Waals surface area contributed by atoms with Crippen molar-refractivity contribution >= 4 is 27.6 Å². The zero-order valence-electron chi connectivity index (χ0n) is 10.3. The second-order valence-corrected chi connectivity index (χ2v) is 4.57. The maximum absolute atomic E-state index is 5.43. The largest absolute Gasteiger partial charge is 0.325 e. The molecule has 0 aliphatic heterocycles. The average Bonchev–Trinajstić information content (AvgIpc) is 2.35. The summed E-state index contributed by atoms with van der Waals surface area (Å²) in [4.78, 5) is 4.31. The van der Waals surface area contributed by atoms with Gasteiger partial charge >= 0.3 is 0 Å². The van der Waals surface area contributed by atoms with Gasteiger partial charge in [0.1, 0.15) is 0 Å². The van der Waals surface area contributed by atoms with Gasteiger partial charge in [-0.25, -0.2) is 5.84 Å². The predicted molar refractivity (Wildman–Crippen MR) is 77.1 cm³/mol. The number of aliphatic imine (C=N–C) groups is 1. The first-order valence-electron chi connectivity index (χ1n) is 5.77. The molecule has 1 aromatic carbocycles. The first-order valence-corrected chi connectivity index (χ1v) is 6.57. The van der Waals surface area contributed by atoms with Crippen LogP contribution in [-0.2, 0) is 6.42 Å². The molecule has 0 aliphatic rings. The Labute approximate surface area is 111 Å². The van der Waals surface area contributed by atoms with Gasteiger partial charge in [0, 0.05) is 16.7 Å². The molecule has 94 valence electrons. The lowest BCUT2D eigenvalue weighted by Gasteiger charge is -2.13. The van der Waals surface area contributed by atoms with Crippen molar-refractivity contribution in [3.8, 4) is 0 Å². The first-order chi connectivity index (χ1) is 8.21. The van der Waals surface area contributed by atoms with Crippen LogP contribution in [0.4, 0.5) is 5.69 Å². The summed E-state index contributed by atoms with van der Waals surface area (Å²) in [5.74, 6) is 6.03. The van der Waals surface area contributed by atoms with Crippen molar-refractivity contribution in [3.63, 3.8) is 0 Å². The summed E-state index contributed by atoms with van der Waals surface area (Å²) in [5.41, 5.74) is 4.83. The molecule has 0 saturated heterocycles. The van der Waals surface area contributed by atoms with Gasteiger partial charge in [-0.1, -0.05) is 29.8 Å². The Morgan fingerprint density at radius 2 is 2.18 bits per heavy atom. The van der Waals surface area contributed by atoms with Crippen LogP contribution in [0.15, 0.2) is 27.7 Å². The molecule has 4 N–H and O–H groups in total. The van der Waals surface area contributed by atoms with E-state index in [1.165, 1.54) is 5.56 Å². The Balaban J connectivity index is 2.85. The van der Waals surface area contributed by atoms with Crippen LogP contribution >= 0.6 is 15.9 Å². The van der Waals surface area contributed by atoms with Gasteiger partial charge in [-0.15, -0.1) is 0 Å². The maximum Gasteiger partial charge on any atom is 0.210 e. The zero-order chi connectivity index (χ0) is 12.7. The molecule has 0 bridgehead atoms. The molecule has 0 radical (unpaired) electrons. The number of nitrogens with one attached hydrogen (secondary N) is 2. The molecule has 17 heavy (non-hydrogen) atoms. The number of anilines is 1. The zero-order valence-corrected chi connectivity index (χ0v) is 11.8. The number of nitrogens with zero attached hydrogens (tertiary/aromatic N) is 1. The number of hydrazine groups is 1. The van der Waals surface area contributed by atoms with E-state index in [0.717, 1.165) is 29.5 Å². The van der Waals surface area contributed by atoms with E-state index in [9.17, 15) is 0 Å². The fourth-order valence-electron chi connectivity index (χ4n) is 1.45. The van der Waals surface area contributed by atoms with E-state index in [0.29, 0.717) is 5.96 Å². The molecule has 4 nitrogen and oxygen atoms in total. The van der Waals surface area contributed by atoms with Gasteiger partial charge < -0.3 is 5.32 Å². The number of aryl methyl sites for hydroxylation is 1. The third kappa shape index (κ3) is 4.36. The number of rotatable bonds is 4. The monoisotopic (exact) mass is 298 g/mol. The number of guanidine groups is 1. The van der Waals surface area contributed by atoms with Crippen LogP contribution in [0.2, 0.25) is 0 Å². The van der Waals surface area contributed by atoms with Gasteiger partial charge in [0.25, 0.3) is 0 Å². The van der Waals surface area contributed by atoms with Crippen molar-refractivity contribution in [1.82, 2.24) is 5.43 Å². The number of nitrogens with two attached hydrogens (primary N) is 1. The van der Waals surface area contributed by atoms with Crippen molar-refractivity contribution in [2.45, 2.75) is 26.7 Å². The minimum atomic E-state index is 0.601. The second-order valence-electron chi connectivity index (χ2n) is 3.65. The Morgan fingerprint density at radius 3 is 2.76 bits per heavy atom. The van der Waals surface area contributed by atoms with Crippen LogP contribution in [0.3, 0.4) is 0 Å².